The Labute approximate surface area is 96.7 Å². The summed E-state index contributed by atoms with van der Waals surface area (Å²) in [5.74, 6) is 0.141. The summed E-state index contributed by atoms with van der Waals surface area (Å²) in [5, 5.41) is 17.1. The van der Waals surface area contributed by atoms with Crippen LogP contribution in [0.1, 0.15) is 44.2 Å². The fourth-order valence-electron chi connectivity index (χ4n) is 0.986. The van der Waals surface area contributed by atoms with E-state index in [0.29, 0.717) is 11.7 Å². The lowest BCUT2D eigenvalue weighted by Gasteiger charge is -2.06. The van der Waals surface area contributed by atoms with Gasteiger partial charge < -0.3 is 10.2 Å². The van der Waals surface area contributed by atoms with Crippen LogP contribution in [-0.4, -0.2) is 16.2 Å². The molecule has 0 heterocycles. The highest BCUT2D eigenvalue weighted by Crippen LogP contribution is 2.22. The number of hydrogen-bond acceptors (Lipinski definition) is 2. The molecule has 0 spiro atoms. The van der Waals surface area contributed by atoms with E-state index in [2.05, 4.69) is 19.9 Å². The van der Waals surface area contributed by atoms with Crippen LogP contribution in [0, 0.1) is 6.92 Å². The SMILES string of the molecule is CCC(=O)O.Cc1ccc(C(C)C)cc1O. The molecule has 0 saturated heterocycles. The van der Waals surface area contributed by atoms with E-state index in [1.54, 1.807) is 6.92 Å². The first-order chi connectivity index (χ1) is 7.38. The normalized spacial score (nSPS) is 9.56. The van der Waals surface area contributed by atoms with E-state index in [-0.39, 0.29) is 6.42 Å². The Morgan fingerprint density at radius 3 is 2.19 bits per heavy atom. The lowest BCUT2D eigenvalue weighted by atomic mass is 10.0. The average Bonchev–Trinajstić information content (AvgIpc) is 2.22. The minimum absolute atomic E-state index is 0.222. The van der Waals surface area contributed by atoms with Crippen molar-refractivity contribution in [3.05, 3.63) is 29.3 Å². The molecule has 1 rings (SSSR count). The third-order valence-corrected chi connectivity index (χ3v) is 2.20. The van der Waals surface area contributed by atoms with Crippen LogP contribution in [0.15, 0.2) is 18.2 Å². The lowest BCUT2D eigenvalue weighted by Crippen LogP contribution is -1.86. The number of carbonyl (C=O) groups is 1. The summed E-state index contributed by atoms with van der Waals surface area (Å²) >= 11 is 0. The molecule has 3 heteroatoms. The molecule has 0 aliphatic carbocycles. The Kier molecular flexibility index (Phi) is 6.23. The number of phenols is 1. The number of rotatable bonds is 2. The number of carboxylic acids is 1. The van der Waals surface area contributed by atoms with Crippen molar-refractivity contribution in [2.24, 2.45) is 0 Å². The summed E-state index contributed by atoms with van der Waals surface area (Å²) < 4.78 is 0. The monoisotopic (exact) mass is 224 g/mol. The van der Waals surface area contributed by atoms with Crippen LogP contribution in [-0.2, 0) is 4.79 Å². The molecule has 0 aliphatic heterocycles. The van der Waals surface area contributed by atoms with Crippen LogP contribution >= 0.6 is 0 Å². The number of aliphatic carboxylic acids is 1. The average molecular weight is 224 g/mol. The zero-order valence-electron chi connectivity index (χ0n) is 10.3. The van der Waals surface area contributed by atoms with Crippen LogP contribution in [0.2, 0.25) is 0 Å². The molecule has 0 bridgehead atoms. The molecule has 1 aromatic carbocycles. The predicted molar refractivity (Wildman–Crippen MR) is 64.9 cm³/mol. The van der Waals surface area contributed by atoms with Crippen molar-refractivity contribution in [2.45, 2.75) is 40.0 Å². The first-order valence-electron chi connectivity index (χ1n) is 5.39. The quantitative estimate of drug-likeness (QED) is 0.810. The lowest BCUT2D eigenvalue weighted by molar-refractivity contribution is -0.136. The summed E-state index contributed by atoms with van der Waals surface area (Å²) in [6.45, 7) is 7.73. The van der Waals surface area contributed by atoms with Crippen molar-refractivity contribution < 1.29 is 15.0 Å². The van der Waals surface area contributed by atoms with Gasteiger partial charge in [0.1, 0.15) is 5.75 Å². The Hall–Kier alpha value is -1.51. The topological polar surface area (TPSA) is 57.5 Å². The molecule has 0 unspecified atom stereocenters. The molecule has 0 aliphatic rings. The van der Waals surface area contributed by atoms with E-state index in [4.69, 9.17) is 5.11 Å². The van der Waals surface area contributed by atoms with Gasteiger partial charge >= 0.3 is 5.97 Å². The molecular formula is C13H20O3. The molecule has 0 amide bonds. The van der Waals surface area contributed by atoms with Gasteiger partial charge in [-0.3, -0.25) is 4.79 Å². The second kappa shape index (κ2) is 6.88. The van der Waals surface area contributed by atoms with Crippen molar-refractivity contribution in [2.75, 3.05) is 0 Å². The summed E-state index contributed by atoms with van der Waals surface area (Å²) in [5.41, 5.74) is 2.13. The maximum absolute atomic E-state index is 9.37. The molecular weight excluding hydrogens is 204 g/mol. The van der Waals surface area contributed by atoms with Gasteiger partial charge in [-0.25, -0.2) is 0 Å². The summed E-state index contributed by atoms with van der Waals surface area (Å²) in [4.78, 5) is 9.37. The first kappa shape index (κ1) is 14.5. The van der Waals surface area contributed by atoms with Gasteiger partial charge in [-0.2, -0.15) is 0 Å². The number of phenolic OH excluding ortho intramolecular Hbond substituents is 1. The number of aryl methyl sites for hydroxylation is 1. The van der Waals surface area contributed by atoms with Gasteiger partial charge in [0, 0.05) is 6.42 Å². The first-order valence-corrected chi connectivity index (χ1v) is 5.39. The van der Waals surface area contributed by atoms with Crippen LogP contribution < -0.4 is 0 Å². The highest BCUT2D eigenvalue weighted by Gasteiger charge is 2.00. The van der Waals surface area contributed by atoms with Gasteiger partial charge in [0.25, 0.3) is 0 Å². The predicted octanol–water partition coefficient (Wildman–Crippen LogP) is 3.31. The van der Waals surface area contributed by atoms with Crippen molar-refractivity contribution in [1.29, 1.82) is 0 Å². The smallest absolute Gasteiger partial charge is 0.303 e. The van der Waals surface area contributed by atoms with Gasteiger partial charge in [0.2, 0.25) is 0 Å². The van der Waals surface area contributed by atoms with Crippen LogP contribution in [0.25, 0.3) is 0 Å². The fourth-order valence-corrected chi connectivity index (χ4v) is 0.986. The van der Waals surface area contributed by atoms with Crippen molar-refractivity contribution in [1.82, 2.24) is 0 Å². The zero-order chi connectivity index (χ0) is 12.7. The number of hydrogen-bond donors (Lipinski definition) is 2. The largest absolute Gasteiger partial charge is 0.508 e. The van der Waals surface area contributed by atoms with E-state index in [0.717, 1.165) is 5.56 Å². The molecule has 2 N–H and O–H groups in total. The zero-order valence-corrected chi connectivity index (χ0v) is 10.3. The molecule has 0 aromatic heterocycles. The second-order valence-electron chi connectivity index (χ2n) is 3.95. The third kappa shape index (κ3) is 5.39. The van der Waals surface area contributed by atoms with Crippen molar-refractivity contribution >= 4 is 5.97 Å². The Morgan fingerprint density at radius 2 is 1.88 bits per heavy atom. The van der Waals surface area contributed by atoms with Crippen LogP contribution in [0.5, 0.6) is 5.75 Å². The van der Waals surface area contributed by atoms with E-state index in [9.17, 15) is 9.90 Å². The summed E-state index contributed by atoms with van der Waals surface area (Å²) in [6, 6.07) is 5.84. The summed E-state index contributed by atoms with van der Waals surface area (Å²) in [6.07, 6.45) is 0.222. The molecule has 1 aromatic rings. The number of benzene rings is 1. The second-order valence-corrected chi connectivity index (χ2v) is 3.95. The molecule has 0 atom stereocenters. The fraction of sp³-hybridized carbons (Fsp3) is 0.462. The van der Waals surface area contributed by atoms with E-state index in [1.807, 2.05) is 19.1 Å². The van der Waals surface area contributed by atoms with Gasteiger partial charge in [-0.1, -0.05) is 32.9 Å². The maximum Gasteiger partial charge on any atom is 0.303 e. The van der Waals surface area contributed by atoms with Gasteiger partial charge in [-0.15, -0.1) is 0 Å². The Balaban J connectivity index is 0.000000385. The van der Waals surface area contributed by atoms with E-state index < -0.39 is 5.97 Å². The minimum Gasteiger partial charge on any atom is -0.508 e. The minimum atomic E-state index is -0.745. The van der Waals surface area contributed by atoms with Gasteiger partial charge in [0.05, 0.1) is 0 Å². The van der Waals surface area contributed by atoms with E-state index in [1.165, 1.54) is 5.56 Å². The highest BCUT2D eigenvalue weighted by molar-refractivity contribution is 5.66. The third-order valence-electron chi connectivity index (χ3n) is 2.20. The summed E-state index contributed by atoms with van der Waals surface area (Å²) in [7, 11) is 0. The molecule has 90 valence electrons. The molecule has 16 heavy (non-hydrogen) atoms. The molecule has 0 saturated carbocycles. The van der Waals surface area contributed by atoms with Crippen molar-refractivity contribution in [3.8, 4) is 5.75 Å². The van der Waals surface area contributed by atoms with Crippen LogP contribution in [0.3, 0.4) is 0 Å². The molecule has 0 radical (unpaired) electrons. The van der Waals surface area contributed by atoms with Crippen LogP contribution in [0.4, 0.5) is 0 Å². The molecule has 0 fully saturated rings. The van der Waals surface area contributed by atoms with Gasteiger partial charge in [-0.05, 0) is 30.0 Å². The Morgan fingerprint density at radius 1 is 1.38 bits per heavy atom. The van der Waals surface area contributed by atoms with Gasteiger partial charge in [0.15, 0.2) is 0 Å². The standard InChI is InChI=1S/C10H14O.C3H6O2/c1-7(2)9-5-4-8(3)10(11)6-9;1-2-3(4)5/h4-7,11H,1-3H3;2H2,1H3,(H,4,5). The Bertz CT molecular complexity index is 343. The van der Waals surface area contributed by atoms with Crippen molar-refractivity contribution in [3.63, 3.8) is 0 Å². The van der Waals surface area contributed by atoms with E-state index >= 15 is 0 Å². The number of aromatic hydroxyl groups is 1. The maximum atomic E-state index is 9.37. The highest BCUT2D eigenvalue weighted by atomic mass is 16.4. The molecule has 3 nitrogen and oxygen atoms in total. The number of carboxylic acid groups (broad SMARTS) is 1.